The first-order valence-corrected chi connectivity index (χ1v) is 11.0. The van der Waals surface area contributed by atoms with Crippen LogP contribution in [0.25, 0.3) is 6.08 Å². The van der Waals surface area contributed by atoms with Crippen LogP contribution in [0.2, 0.25) is 5.02 Å². The van der Waals surface area contributed by atoms with E-state index in [-0.39, 0.29) is 17.1 Å². The van der Waals surface area contributed by atoms with Gasteiger partial charge in [-0.3, -0.25) is 24.6 Å². The Balaban J connectivity index is 1.48. The Bertz CT molecular complexity index is 1260. The Hall–Kier alpha value is -3.62. The summed E-state index contributed by atoms with van der Waals surface area (Å²) in [4.78, 5) is 37.2. The molecule has 1 saturated heterocycles. The van der Waals surface area contributed by atoms with Gasteiger partial charge in [-0.1, -0.05) is 54.1 Å². The van der Waals surface area contributed by atoms with Crippen LogP contribution in [0.5, 0.6) is 5.75 Å². The summed E-state index contributed by atoms with van der Waals surface area (Å²) in [7, 11) is 0. The van der Waals surface area contributed by atoms with E-state index >= 15 is 0 Å². The number of halogens is 1. The van der Waals surface area contributed by atoms with E-state index in [4.69, 9.17) is 16.3 Å². The summed E-state index contributed by atoms with van der Waals surface area (Å²) < 4.78 is 5.82. The molecule has 7 nitrogen and oxygen atoms in total. The van der Waals surface area contributed by atoms with Gasteiger partial charge in [-0.05, 0) is 53.2 Å². The Kier molecular flexibility index (Phi) is 6.76. The van der Waals surface area contributed by atoms with Crippen LogP contribution in [0, 0.1) is 10.1 Å². The fraction of sp³-hybridized carbons (Fsp3) is 0.0833. The van der Waals surface area contributed by atoms with Crippen LogP contribution in [-0.2, 0) is 17.9 Å². The Morgan fingerprint density at radius 2 is 1.79 bits per heavy atom. The van der Waals surface area contributed by atoms with Gasteiger partial charge in [0.1, 0.15) is 12.4 Å². The third kappa shape index (κ3) is 5.42. The van der Waals surface area contributed by atoms with Crippen LogP contribution in [0.1, 0.15) is 16.7 Å². The summed E-state index contributed by atoms with van der Waals surface area (Å²) in [5, 5.41) is 11.4. The fourth-order valence-electron chi connectivity index (χ4n) is 3.22. The number of hydrogen-bond donors (Lipinski definition) is 0. The fourth-order valence-corrected chi connectivity index (χ4v) is 4.19. The van der Waals surface area contributed by atoms with Crippen molar-refractivity contribution in [1.29, 1.82) is 0 Å². The average molecular weight is 481 g/mol. The average Bonchev–Trinajstić information content (AvgIpc) is 3.06. The monoisotopic (exact) mass is 480 g/mol. The van der Waals surface area contributed by atoms with E-state index < -0.39 is 16.1 Å². The quantitative estimate of drug-likeness (QED) is 0.232. The number of nitro groups is 1. The standard InChI is InChI=1S/C24H17ClN2O5S/c25-19-10-8-16(9-11-19)15-32-20-6-3-4-17(12-20)13-22-23(28)26(24(29)33-22)14-18-5-1-2-7-21(18)27(30)31/h1-13H,14-15H2/b22-13-. The number of nitrogens with zero attached hydrogens (tertiary/aromatic N) is 2. The summed E-state index contributed by atoms with van der Waals surface area (Å²) in [5.41, 5.74) is 1.82. The molecule has 2 amide bonds. The largest absolute Gasteiger partial charge is 0.489 e. The number of rotatable bonds is 7. The molecule has 0 unspecified atom stereocenters. The molecule has 0 N–H and O–H groups in total. The van der Waals surface area contributed by atoms with E-state index in [1.807, 2.05) is 12.1 Å². The zero-order valence-corrected chi connectivity index (χ0v) is 18.7. The molecule has 3 aromatic rings. The molecule has 3 aromatic carbocycles. The summed E-state index contributed by atoms with van der Waals surface area (Å²) in [5.74, 6) is 0.119. The van der Waals surface area contributed by atoms with Crippen LogP contribution in [-0.4, -0.2) is 21.0 Å². The maximum Gasteiger partial charge on any atom is 0.293 e. The highest BCUT2D eigenvalue weighted by Crippen LogP contribution is 2.34. The molecule has 1 heterocycles. The van der Waals surface area contributed by atoms with Crippen molar-refractivity contribution in [2.75, 3.05) is 0 Å². The lowest BCUT2D eigenvalue weighted by atomic mass is 10.1. The summed E-state index contributed by atoms with van der Waals surface area (Å²) >= 11 is 6.70. The Labute approximate surface area is 198 Å². The molecule has 166 valence electrons. The van der Waals surface area contributed by atoms with Crippen LogP contribution in [0.3, 0.4) is 0 Å². The van der Waals surface area contributed by atoms with Gasteiger partial charge >= 0.3 is 0 Å². The molecule has 0 aliphatic carbocycles. The molecule has 33 heavy (non-hydrogen) atoms. The molecule has 0 atom stereocenters. The number of nitro benzene ring substituents is 1. The topological polar surface area (TPSA) is 89.8 Å². The van der Waals surface area contributed by atoms with Crippen molar-refractivity contribution in [3.8, 4) is 5.75 Å². The molecule has 0 aromatic heterocycles. The second-order valence-corrected chi connectivity index (χ2v) is 8.57. The summed E-state index contributed by atoms with van der Waals surface area (Å²) in [6, 6.07) is 20.5. The highest BCUT2D eigenvalue weighted by Gasteiger charge is 2.36. The van der Waals surface area contributed by atoms with Gasteiger partial charge in [0.15, 0.2) is 0 Å². The van der Waals surface area contributed by atoms with Gasteiger partial charge < -0.3 is 4.74 Å². The van der Waals surface area contributed by atoms with E-state index in [9.17, 15) is 19.7 Å². The number of imide groups is 1. The number of benzene rings is 3. The molecule has 0 spiro atoms. The van der Waals surface area contributed by atoms with Crippen LogP contribution in [0.4, 0.5) is 10.5 Å². The zero-order chi connectivity index (χ0) is 23.4. The van der Waals surface area contributed by atoms with E-state index in [0.717, 1.165) is 22.2 Å². The predicted octanol–water partition coefficient (Wildman–Crippen LogP) is 6.06. The highest BCUT2D eigenvalue weighted by molar-refractivity contribution is 8.18. The predicted molar refractivity (Wildman–Crippen MR) is 127 cm³/mol. The maximum atomic E-state index is 12.8. The molecule has 9 heteroatoms. The van der Waals surface area contributed by atoms with Crippen molar-refractivity contribution in [3.63, 3.8) is 0 Å². The number of thioether (sulfide) groups is 1. The highest BCUT2D eigenvalue weighted by atomic mass is 35.5. The van der Waals surface area contributed by atoms with Gasteiger partial charge in [0, 0.05) is 16.7 Å². The van der Waals surface area contributed by atoms with Crippen LogP contribution in [0.15, 0.2) is 77.7 Å². The van der Waals surface area contributed by atoms with Gasteiger partial charge in [0.25, 0.3) is 16.8 Å². The number of amides is 2. The van der Waals surface area contributed by atoms with Crippen molar-refractivity contribution in [2.24, 2.45) is 0 Å². The van der Waals surface area contributed by atoms with E-state index in [2.05, 4.69) is 0 Å². The molecule has 0 saturated carbocycles. The van der Waals surface area contributed by atoms with Crippen molar-refractivity contribution >= 4 is 46.3 Å². The first kappa shape index (κ1) is 22.6. The molecule has 1 aliphatic rings. The molecule has 0 radical (unpaired) electrons. The van der Waals surface area contributed by atoms with Crippen molar-refractivity contribution in [3.05, 3.63) is 110 Å². The van der Waals surface area contributed by atoms with Gasteiger partial charge in [-0.2, -0.15) is 0 Å². The lowest BCUT2D eigenvalue weighted by molar-refractivity contribution is -0.385. The van der Waals surface area contributed by atoms with Crippen LogP contribution >= 0.6 is 23.4 Å². The number of hydrogen-bond acceptors (Lipinski definition) is 6. The number of ether oxygens (including phenoxy) is 1. The zero-order valence-electron chi connectivity index (χ0n) is 17.1. The number of carbonyl (C=O) groups excluding carboxylic acids is 2. The van der Waals surface area contributed by atoms with E-state index in [0.29, 0.717) is 28.5 Å². The van der Waals surface area contributed by atoms with Gasteiger partial charge in [-0.25, -0.2) is 0 Å². The molecule has 1 aliphatic heterocycles. The second-order valence-electron chi connectivity index (χ2n) is 7.14. The smallest absolute Gasteiger partial charge is 0.293 e. The SMILES string of the molecule is O=C1S/C(=C\c2cccc(OCc3ccc(Cl)cc3)c2)C(=O)N1Cc1ccccc1[N+](=O)[O-]. The summed E-state index contributed by atoms with van der Waals surface area (Å²) in [6.07, 6.45) is 1.61. The number of carbonyl (C=O) groups is 2. The normalized spacial score (nSPS) is 14.7. The minimum Gasteiger partial charge on any atom is -0.489 e. The Morgan fingerprint density at radius 3 is 2.55 bits per heavy atom. The third-order valence-electron chi connectivity index (χ3n) is 4.86. The van der Waals surface area contributed by atoms with E-state index in [1.165, 1.54) is 18.2 Å². The van der Waals surface area contributed by atoms with Crippen molar-refractivity contribution < 1.29 is 19.2 Å². The third-order valence-corrected chi connectivity index (χ3v) is 6.02. The minimum atomic E-state index is -0.528. The van der Waals surface area contributed by atoms with Crippen LogP contribution < -0.4 is 4.74 Å². The van der Waals surface area contributed by atoms with Gasteiger partial charge in [0.05, 0.1) is 16.4 Å². The lowest BCUT2D eigenvalue weighted by Crippen LogP contribution is -2.27. The molecule has 4 rings (SSSR count). The van der Waals surface area contributed by atoms with E-state index in [1.54, 1.807) is 48.5 Å². The summed E-state index contributed by atoms with van der Waals surface area (Å²) in [6.45, 7) is 0.191. The Morgan fingerprint density at radius 1 is 1.03 bits per heavy atom. The maximum absolute atomic E-state index is 12.8. The lowest BCUT2D eigenvalue weighted by Gasteiger charge is -2.12. The second kappa shape index (κ2) is 9.89. The van der Waals surface area contributed by atoms with Gasteiger partial charge in [0.2, 0.25) is 0 Å². The minimum absolute atomic E-state index is 0.133. The van der Waals surface area contributed by atoms with Crippen molar-refractivity contribution in [2.45, 2.75) is 13.2 Å². The first-order chi connectivity index (χ1) is 15.9. The molecular weight excluding hydrogens is 464 g/mol. The number of para-hydroxylation sites is 1. The van der Waals surface area contributed by atoms with Crippen molar-refractivity contribution in [1.82, 2.24) is 4.90 Å². The molecule has 1 fully saturated rings. The molecular formula is C24H17ClN2O5S. The van der Waals surface area contributed by atoms with Gasteiger partial charge in [-0.15, -0.1) is 0 Å². The first-order valence-electron chi connectivity index (χ1n) is 9.86. The molecule has 0 bridgehead atoms.